The van der Waals surface area contributed by atoms with Crippen molar-refractivity contribution in [3.05, 3.63) is 59.1 Å². The molecule has 1 heterocycles. The van der Waals surface area contributed by atoms with Crippen LogP contribution in [0.25, 0.3) is 0 Å². The summed E-state index contributed by atoms with van der Waals surface area (Å²) < 4.78 is 12.8. The molecule has 1 aromatic carbocycles. The summed E-state index contributed by atoms with van der Waals surface area (Å²) >= 11 is 5.84. The van der Waals surface area contributed by atoms with E-state index in [4.69, 9.17) is 11.6 Å². The lowest BCUT2D eigenvalue weighted by Crippen LogP contribution is -2.00. The SMILES string of the molecule is Fc1cncc(CNc2cccc(Cl)c2)c1. The van der Waals surface area contributed by atoms with Crippen molar-refractivity contribution in [3.63, 3.8) is 0 Å². The molecule has 0 radical (unpaired) electrons. The molecular weight excluding hydrogens is 227 g/mol. The number of pyridine rings is 1. The average molecular weight is 237 g/mol. The number of hydrogen-bond acceptors (Lipinski definition) is 2. The first-order valence-corrected chi connectivity index (χ1v) is 5.21. The van der Waals surface area contributed by atoms with Gasteiger partial charge in [0, 0.05) is 23.5 Å². The first-order valence-electron chi connectivity index (χ1n) is 4.83. The van der Waals surface area contributed by atoms with Gasteiger partial charge in [-0.15, -0.1) is 0 Å². The molecule has 0 saturated heterocycles. The Morgan fingerprint density at radius 3 is 2.88 bits per heavy atom. The minimum Gasteiger partial charge on any atom is -0.381 e. The van der Waals surface area contributed by atoms with E-state index >= 15 is 0 Å². The van der Waals surface area contributed by atoms with Crippen molar-refractivity contribution in [2.24, 2.45) is 0 Å². The molecule has 0 spiro atoms. The third kappa shape index (κ3) is 2.94. The van der Waals surface area contributed by atoms with Crippen LogP contribution in [0, 0.1) is 5.82 Å². The summed E-state index contributed by atoms with van der Waals surface area (Å²) in [5, 5.41) is 3.81. The molecule has 0 bridgehead atoms. The van der Waals surface area contributed by atoms with Crippen molar-refractivity contribution in [2.75, 3.05) is 5.32 Å². The quantitative estimate of drug-likeness (QED) is 0.883. The van der Waals surface area contributed by atoms with Gasteiger partial charge in [0.2, 0.25) is 0 Å². The predicted octanol–water partition coefficient (Wildman–Crippen LogP) is 3.49. The molecule has 0 aliphatic heterocycles. The maximum atomic E-state index is 12.8. The van der Waals surface area contributed by atoms with Crippen LogP contribution in [0.15, 0.2) is 42.7 Å². The Morgan fingerprint density at radius 1 is 1.25 bits per heavy atom. The van der Waals surface area contributed by atoms with Crippen molar-refractivity contribution < 1.29 is 4.39 Å². The number of nitrogens with one attached hydrogen (secondary N) is 1. The zero-order chi connectivity index (χ0) is 11.4. The topological polar surface area (TPSA) is 24.9 Å². The number of nitrogens with zero attached hydrogens (tertiary/aromatic N) is 1. The monoisotopic (exact) mass is 236 g/mol. The van der Waals surface area contributed by atoms with Crippen molar-refractivity contribution in [2.45, 2.75) is 6.54 Å². The number of anilines is 1. The Morgan fingerprint density at radius 2 is 2.12 bits per heavy atom. The second kappa shape index (κ2) is 4.94. The maximum absolute atomic E-state index is 12.8. The fourth-order valence-corrected chi connectivity index (χ4v) is 1.55. The van der Waals surface area contributed by atoms with Gasteiger partial charge in [0.1, 0.15) is 5.82 Å². The lowest BCUT2D eigenvalue weighted by Gasteiger charge is -2.06. The van der Waals surface area contributed by atoms with Crippen LogP contribution < -0.4 is 5.32 Å². The molecule has 0 amide bonds. The molecule has 82 valence electrons. The van der Waals surface area contributed by atoms with E-state index in [-0.39, 0.29) is 5.82 Å². The molecule has 2 aromatic rings. The zero-order valence-corrected chi connectivity index (χ0v) is 9.21. The fraction of sp³-hybridized carbons (Fsp3) is 0.0833. The summed E-state index contributed by atoms with van der Waals surface area (Å²) in [5.41, 5.74) is 1.69. The molecular formula is C12H10ClFN2. The zero-order valence-electron chi connectivity index (χ0n) is 8.45. The Balaban J connectivity index is 2.02. The minimum atomic E-state index is -0.328. The third-order valence-corrected chi connectivity index (χ3v) is 2.32. The molecule has 0 aliphatic rings. The molecule has 0 atom stereocenters. The van der Waals surface area contributed by atoms with Gasteiger partial charge in [-0.25, -0.2) is 4.39 Å². The second-order valence-electron chi connectivity index (χ2n) is 3.38. The van der Waals surface area contributed by atoms with Crippen molar-refractivity contribution in [1.82, 2.24) is 4.98 Å². The molecule has 1 N–H and O–H groups in total. The van der Waals surface area contributed by atoms with Gasteiger partial charge in [0.15, 0.2) is 0 Å². The van der Waals surface area contributed by atoms with Gasteiger partial charge in [-0.1, -0.05) is 17.7 Å². The van der Waals surface area contributed by atoms with Gasteiger partial charge in [-0.3, -0.25) is 4.98 Å². The highest BCUT2D eigenvalue weighted by molar-refractivity contribution is 6.30. The minimum absolute atomic E-state index is 0.328. The van der Waals surface area contributed by atoms with E-state index < -0.39 is 0 Å². The summed E-state index contributed by atoms with van der Waals surface area (Å²) in [6.07, 6.45) is 2.81. The van der Waals surface area contributed by atoms with Crippen LogP contribution in [-0.4, -0.2) is 4.98 Å². The van der Waals surface area contributed by atoms with Gasteiger partial charge in [0.25, 0.3) is 0 Å². The summed E-state index contributed by atoms with van der Waals surface area (Å²) in [7, 11) is 0. The Labute approximate surface area is 98.1 Å². The molecule has 1 aromatic heterocycles. The second-order valence-corrected chi connectivity index (χ2v) is 3.81. The average Bonchev–Trinajstić information content (AvgIpc) is 2.27. The highest BCUT2D eigenvalue weighted by Crippen LogP contribution is 2.15. The molecule has 16 heavy (non-hydrogen) atoms. The van der Waals surface area contributed by atoms with Gasteiger partial charge in [-0.05, 0) is 29.8 Å². The largest absolute Gasteiger partial charge is 0.381 e. The summed E-state index contributed by atoms with van der Waals surface area (Å²) in [6.45, 7) is 0.519. The smallest absolute Gasteiger partial charge is 0.141 e. The van der Waals surface area contributed by atoms with Gasteiger partial charge in [-0.2, -0.15) is 0 Å². The molecule has 0 aliphatic carbocycles. The van der Waals surface area contributed by atoms with Crippen LogP contribution >= 0.6 is 11.6 Å². The molecule has 0 unspecified atom stereocenters. The van der Waals surface area contributed by atoms with E-state index in [0.717, 1.165) is 11.3 Å². The first-order chi connectivity index (χ1) is 7.74. The highest BCUT2D eigenvalue weighted by Gasteiger charge is 1.97. The summed E-state index contributed by atoms with van der Waals surface area (Å²) in [5.74, 6) is -0.328. The van der Waals surface area contributed by atoms with E-state index in [1.54, 1.807) is 12.3 Å². The lowest BCUT2D eigenvalue weighted by atomic mass is 10.2. The van der Waals surface area contributed by atoms with Crippen LogP contribution in [0.1, 0.15) is 5.56 Å². The van der Waals surface area contributed by atoms with Crippen LogP contribution in [-0.2, 0) is 6.54 Å². The van der Waals surface area contributed by atoms with Gasteiger partial charge >= 0.3 is 0 Å². The predicted molar refractivity (Wildman–Crippen MR) is 63.0 cm³/mol. The molecule has 4 heteroatoms. The number of aromatic nitrogens is 1. The van der Waals surface area contributed by atoms with Crippen molar-refractivity contribution in [1.29, 1.82) is 0 Å². The first kappa shape index (κ1) is 10.9. The van der Waals surface area contributed by atoms with E-state index in [1.807, 2.05) is 18.2 Å². The van der Waals surface area contributed by atoms with Crippen LogP contribution in [0.5, 0.6) is 0 Å². The molecule has 0 saturated carbocycles. The van der Waals surface area contributed by atoms with Gasteiger partial charge < -0.3 is 5.32 Å². The van der Waals surface area contributed by atoms with Crippen LogP contribution in [0.2, 0.25) is 5.02 Å². The normalized spacial score (nSPS) is 10.1. The number of rotatable bonds is 3. The van der Waals surface area contributed by atoms with Crippen molar-refractivity contribution >= 4 is 17.3 Å². The Hall–Kier alpha value is -1.61. The maximum Gasteiger partial charge on any atom is 0.141 e. The van der Waals surface area contributed by atoms with E-state index in [0.29, 0.717) is 11.6 Å². The third-order valence-electron chi connectivity index (χ3n) is 2.08. The highest BCUT2D eigenvalue weighted by atomic mass is 35.5. The molecule has 0 fully saturated rings. The number of halogens is 2. The molecule has 2 nitrogen and oxygen atoms in total. The van der Waals surface area contributed by atoms with E-state index in [9.17, 15) is 4.39 Å². The van der Waals surface area contributed by atoms with E-state index in [2.05, 4.69) is 10.3 Å². The molecule has 2 rings (SSSR count). The Kier molecular flexibility index (Phi) is 3.37. The lowest BCUT2D eigenvalue weighted by molar-refractivity contribution is 0.619. The van der Waals surface area contributed by atoms with E-state index in [1.165, 1.54) is 12.3 Å². The van der Waals surface area contributed by atoms with Crippen LogP contribution in [0.3, 0.4) is 0 Å². The number of hydrogen-bond donors (Lipinski definition) is 1. The van der Waals surface area contributed by atoms with Gasteiger partial charge in [0.05, 0.1) is 6.20 Å². The summed E-state index contributed by atoms with van der Waals surface area (Å²) in [6, 6.07) is 8.82. The van der Waals surface area contributed by atoms with Crippen LogP contribution in [0.4, 0.5) is 10.1 Å². The summed E-state index contributed by atoms with van der Waals surface area (Å²) in [4.78, 5) is 3.77. The standard InChI is InChI=1S/C12H10ClFN2/c13-10-2-1-3-12(5-10)16-7-9-4-11(14)8-15-6-9/h1-6,8,16H,7H2. The number of benzene rings is 1. The van der Waals surface area contributed by atoms with Crippen molar-refractivity contribution in [3.8, 4) is 0 Å². The fourth-order valence-electron chi connectivity index (χ4n) is 1.36. The Bertz CT molecular complexity index is 442.